The smallest absolute Gasteiger partial charge is 0.0205 e. The summed E-state index contributed by atoms with van der Waals surface area (Å²) >= 11 is 1.81. The highest BCUT2D eigenvalue weighted by Gasteiger charge is 2.01. The Morgan fingerprint density at radius 1 is 1.19 bits per heavy atom. The van der Waals surface area contributed by atoms with Gasteiger partial charge in [0.2, 0.25) is 0 Å². The normalized spacial score (nSPS) is 10.6. The zero-order chi connectivity index (χ0) is 11.4. The van der Waals surface area contributed by atoms with Gasteiger partial charge in [-0.3, -0.25) is 0 Å². The Kier molecular flexibility index (Phi) is 3.75. The molecule has 1 nitrogen and oxygen atoms in total. The second-order valence-electron chi connectivity index (χ2n) is 3.93. The van der Waals surface area contributed by atoms with E-state index in [0.717, 1.165) is 13.1 Å². The molecule has 0 aliphatic heterocycles. The van der Waals surface area contributed by atoms with E-state index >= 15 is 0 Å². The van der Waals surface area contributed by atoms with Crippen molar-refractivity contribution in [3.63, 3.8) is 0 Å². The van der Waals surface area contributed by atoms with Crippen LogP contribution in [0.4, 0.5) is 0 Å². The molecule has 0 radical (unpaired) electrons. The number of nitrogens with one attached hydrogen (secondary N) is 1. The number of benzene rings is 1. The summed E-state index contributed by atoms with van der Waals surface area (Å²) < 4.78 is 0. The third-order valence-corrected chi connectivity index (χ3v) is 3.43. The molecule has 0 fully saturated rings. The van der Waals surface area contributed by atoms with Crippen LogP contribution >= 0.6 is 11.3 Å². The lowest BCUT2D eigenvalue weighted by Crippen LogP contribution is -2.11. The van der Waals surface area contributed by atoms with Gasteiger partial charge in [0.25, 0.3) is 0 Å². The van der Waals surface area contributed by atoms with Gasteiger partial charge in [0, 0.05) is 11.4 Å². The van der Waals surface area contributed by atoms with Crippen LogP contribution in [0.15, 0.2) is 35.7 Å². The fraction of sp³-hybridized carbons (Fsp3) is 0.286. The average molecular weight is 231 g/mol. The van der Waals surface area contributed by atoms with E-state index in [-0.39, 0.29) is 0 Å². The summed E-state index contributed by atoms with van der Waals surface area (Å²) in [5, 5.41) is 5.57. The van der Waals surface area contributed by atoms with E-state index in [0.29, 0.717) is 0 Å². The highest BCUT2D eigenvalue weighted by Crippen LogP contribution is 2.25. The van der Waals surface area contributed by atoms with E-state index < -0.39 is 0 Å². The first kappa shape index (κ1) is 11.4. The van der Waals surface area contributed by atoms with Crippen molar-refractivity contribution in [3.8, 4) is 11.1 Å². The minimum Gasteiger partial charge on any atom is -0.313 e. The first-order valence-corrected chi connectivity index (χ1v) is 6.52. The van der Waals surface area contributed by atoms with Crippen molar-refractivity contribution in [1.82, 2.24) is 5.32 Å². The van der Waals surface area contributed by atoms with Gasteiger partial charge < -0.3 is 5.32 Å². The Bertz CT molecular complexity index is 459. The maximum atomic E-state index is 3.35. The molecule has 1 aromatic heterocycles. The van der Waals surface area contributed by atoms with E-state index in [1.807, 2.05) is 11.3 Å². The van der Waals surface area contributed by atoms with Crippen LogP contribution in [-0.2, 0) is 6.54 Å². The van der Waals surface area contributed by atoms with Crippen LogP contribution < -0.4 is 5.32 Å². The minimum absolute atomic E-state index is 0.952. The molecule has 16 heavy (non-hydrogen) atoms. The van der Waals surface area contributed by atoms with E-state index in [1.54, 1.807) is 0 Å². The van der Waals surface area contributed by atoms with Gasteiger partial charge in [-0.05, 0) is 47.7 Å². The molecule has 2 aromatic rings. The van der Waals surface area contributed by atoms with Crippen molar-refractivity contribution < 1.29 is 0 Å². The third-order valence-electron chi connectivity index (χ3n) is 2.57. The van der Waals surface area contributed by atoms with Gasteiger partial charge in [-0.25, -0.2) is 0 Å². The van der Waals surface area contributed by atoms with E-state index in [9.17, 15) is 0 Å². The molecule has 0 atom stereocenters. The van der Waals surface area contributed by atoms with Crippen LogP contribution in [-0.4, -0.2) is 6.54 Å². The SMILES string of the molecule is CCNCc1cccc(-c2csc(C)c2)c1. The van der Waals surface area contributed by atoms with Crippen molar-refractivity contribution in [2.24, 2.45) is 0 Å². The van der Waals surface area contributed by atoms with Crippen molar-refractivity contribution in [1.29, 1.82) is 0 Å². The van der Waals surface area contributed by atoms with E-state index in [1.165, 1.54) is 21.6 Å². The largest absolute Gasteiger partial charge is 0.313 e. The molecule has 1 aromatic carbocycles. The van der Waals surface area contributed by atoms with Crippen LogP contribution in [0.2, 0.25) is 0 Å². The topological polar surface area (TPSA) is 12.0 Å². The highest BCUT2D eigenvalue weighted by molar-refractivity contribution is 7.10. The standard InChI is InChI=1S/C14H17NS/c1-3-15-9-12-5-4-6-13(8-12)14-7-11(2)16-10-14/h4-8,10,15H,3,9H2,1-2H3. The Morgan fingerprint density at radius 2 is 2.06 bits per heavy atom. The zero-order valence-electron chi connectivity index (χ0n) is 9.79. The molecule has 1 heterocycles. The second-order valence-corrected chi connectivity index (χ2v) is 5.04. The Hall–Kier alpha value is -1.12. The lowest BCUT2D eigenvalue weighted by molar-refractivity contribution is 0.727. The van der Waals surface area contributed by atoms with Gasteiger partial charge in [-0.15, -0.1) is 11.3 Å². The molecule has 2 rings (SSSR count). The molecule has 0 unspecified atom stereocenters. The number of thiophene rings is 1. The van der Waals surface area contributed by atoms with Gasteiger partial charge in [-0.2, -0.15) is 0 Å². The van der Waals surface area contributed by atoms with Crippen LogP contribution in [0.3, 0.4) is 0 Å². The van der Waals surface area contributed by atoms with Crippen LogP contribution in [0, 0.1) is 6.92 Å². The molecule has 84 valence electrons. The quantitative estimate of drug-likeness (QED) is 0.843. The maximum absolute atomic E-state index is 3.35. The molecule has 0 saturated carbocycles. The summed E-state index contributed by atoms with van der Waals surface area (Å²) in [4.78, 5) is 1.37. The minimum atomic E-state index is 0.952. The monoisotopic (exact) mass is 231 g/mol. The molecular formula is C14H17NS. The molecular weight excluding hydrogens is 214 g/mol. The summed E-state index contributed by atoms with van der Waals surface area (Å²) in [6.07, 6.45) is 0. The Balaban J connectivity index is 2.22. The Labute approximate surface area is 101 Å². The summed E-state index contributed by atoms with van der Waals surface area (Å²) in [6, 6.07) is 11.0. The molecule has 0 bridgehead atoms. The van der Waals surface area contributed by atoms with Gasteiger partial charge in [0.1, 0.15) is 0 Å². The molecule has 1 N–H and O–H groups in total. The molecule has 0 saturated heterocycles. The van der Waals surface area contributed by atoms with Crippen LogP contribution in [0.5, 0.6) is 0 Å². The highest BCUT2D eigenvalue weighted by atomic mass is 32.1. The van der Waals surface area contributed by atoms with E-state index in [4.69, 9.17) is 0 Å². The van der Waals surface area contributed by atoms with Crippen molar-refractivity contribution in [3.05, 3.63) is 46.2 Å². The molecule has 2 heteroatoms. The van der Waals surface area contributed by atoms with Crippen molar-refractivity contribution in [2.75, 3.05) is 6.54 Å². The van der Waals surface area contributed by atoms with Gasteiger partial charge in [0.05, 0.1) is 0 Å². The molecule has 0 spiro atoms. The number of hydrogen-bond donors (Lipinski definition) is 1. The van der Waals surface area contributed by atoms with Crippen LogP contribution in [0.25, 0.3) is 11.1 Å². The molecule has 0 amide bonds. The van der Waals surface area contributed by atoms with E-state index in [2.05, 4.69) is 54.9 Å². The number of rotatable bonds is 4. The molecule has 0 aliphatic rings. The second kappa shape index (κ2) is 5.28. The summed E-state index contributed by atoms with van der Waals surface area (Å²) in [6.45, 7) is 6.25. The first-order chi connectivity index (χ1) is 7.79. The summed E-state index contributed by atoms with van der Waals surface area (Å²) in [5.74, 6) is 0. The summed E-state index contributed by atoms with van der Waals surface area (Å²) in [5.41, 5.74) is 4.00. The maximum Gasteiger partial charge on any atom is 0.0205 e. The molecule has 0 aliphatic carbocycles. The zero-order valence-corrected chi connectivity index (χ0v) is 10.6. The first-order valence-electron chi connectivity index (χ1n) is 5.64. The predicted octanol–water partition coefficient (Wildman–Crippen LogP) is 3.83. The van der Waals surface area contributed by atoms with Gasteiger partial charge >= 0.3 is 0 Å². The van der Waals surface area contributed by atoms with Gasteiger partial charge in [-0.1, -0.05) is 25.1 Å². The van der Waals surface area contributed by atoms with Crippen LogP contribution in [0.1, 0.15) is 17.4 Å². The fourth-order valence-corrected chi connectivity index (χ4v) is 2.44. The van der Waals surface area contributed by atoms with Crippen molar-refractivity contribution in [2.45, 2.75) is 20.4 Å². The number of aryl methyl sites for hydroxylation is 1. The lowest BCUT2D eigenvalue weighted by atomic mass is 10.1. The summed E-state index contributed by atoms with van der Waals surface area (Å²) in [7, 11) is 0. The average Bonchev–Trinajstić information content (AvgIpc) is 2.74. The predicted molar refractivity (Wildman–Crippen MR) is 71.9 cm³/mol. The third kappa shape index (κ3) is 2.71. The lowest BCUT2D eigenvalue weighted by Gasteiger charge is -2.04. The van der Waals surface area contributed by atoms with Crippen molar-refractivity contribution >= 4 is 11.3 Å². The number of hydrogen-bond acceptors (Lipinski definition) is 2. The van der Waals surface area contributed by atoms with Gasteiger partial charge in [0.15, 0.2) is 0 Å². The Morgan fingerprint density at radius 3 is 2.75 bits per heavy atom. The fourth-order valence-electron chi connectivity index (χ4n) is 1.73.